The summed E-state index contributed by atoms with van der Waals surface area (Å²) < 4.78 is 0. The Balaban J connectivity index is 1.65. The number of pyridine rings is 1. The first-order valence-corrected chi connectivity index (χ1v) is 8.86. The first-order chi connectivity index (χ1) is 12.9. The molecule has 7 nitrogen and oxygen atoms in total. The smallest absolute Gasteiger partial charge is 0.229 e. The van der Waals surface area contributed by atoms with Crippen LogP contribution in [0.4, 0.5) is 11.4 Å². The summed E-state index contributed by atoms with van der Waals surface area (Å²) in [5.41, 5.74) is 1.70. The Morgan fingerprint density at radius 3 is 2.78 bits per heavy atom. The standard InChI is InChI=1S/C19H19ClN4O3/c1-12(25)22-14-5-6-16(20)17(9-14)23-19(27)13-8-18(26)24(10-13)11-15-4-2-3-7-21-15/h2-7,9,13H,8,10-11H2,1H3,(H,22,25)(H,23,27). The molecule has 1 atom stereocenters. The van der Waals surface area contributed by atoms with Gasteiger partial charge in [-0.05, 0) is 30.3 Å². The Morgan fingerprint density at radius 1 is 1.26 bits per heavy atom. The van der Waals surface area contributed by atoms with E-state index in [-0.39, 0.29) is 24.1 Å². The van der Waals surface area contributed by atoms with Crippen molar-refractivity contribution in [1.82, 2.24) is 9.88 Å². The zero-order chi connectivity index (χ0) is 19.4. The molecule has 1 aromatic carbocycles. The van der Waals surface area contributed by atoms with Crippen LogP contribution < -0.4 is 10.6 Å². The van der Waals surface area contributed by atoms with Gasteiger partial charge in [-0.3, -0.25) is 19.4 Å². The van der Waals surface area contributed by atoms with Crippen LogP contribution in [0.3, 0.4) is 0 Å². The van der Waals surface area contributed by atoms with E-state index >= 15 is 0 Å². The molecule has 3 rings (SSSR count). The number of hydrogen-bond donors (Lipinski definition) is 2. The Bertz CT molecular complexity index is 873. The molecule has 2 N–H and O–H groups in total. The van der Waals surface area contributed by atoms with Crippen LogP contribution in [0.1, 0.15) is 19.0 Å². The molecule has 140 valence electrons. The quantitative estimate of drug-likeness (QED) is 0.826. The largest absolute Gasteiger partial charge is 0.336 e. The maximum atomic E-state index is 12.6. The minimum Gasteiger partial charge on any atom is -0.336 e. The average molecular weight is 387 g/mol. The van der Waals surface area contributed by atoms with Gasteiger partial charge in [-0.15, -0.1) is 0 Å². The zero-order valence-electron chi connectivity index (χ0n) is 14.7. The van der Waals surface area contributed by atoms with Crippen LogP contribution in [0.2, 0.25) is 5.02 Å². The van der Waals surface area contributed by atoms with Gasteiger partial charge in [0.2, 0.25) is 17.7 Å². The van der Waals surface area contributed by atoms with Crippen molar-refractivity contribution in [1.29, 1.82) is 0 Å². The number of hydrogen-bond acceptors (Lipinski definition) is 4. The summed E-state index contributed by atoms with van der Waals surface area (Å²) in [4.78, 5) is 41.8. The van der Waals surface area contributed by atoms with Crippen molar-refractivity contribution in [2.45, 2.75) is 19.9 Å². The highest BCUT2D eigenvalue weighted by Crippen LogP contribution is 2.28. The van der Waals surface area contributed by atoms with Gasteiger partial charge in [-0.25, -0.2) is 0 Å². The highest BCUT2D eigenvalue weighted by Gasteiger charge is 2.34. The molecular formula is C19H19ClN4O3. The minimum atomic E-state index is -0.471. The van der Waals surface area contributed by atoms with E-state index in [2.05, 4.69) is 15.6 Å². The van der Waals surface area contributed by atoms with Gasteiger partial charge >= 0.3 is 0 Å². The van der Waals surface area contributed by atoms with Crippen molar-refractivity contribution in [3.8, 4) is 0 Å². The molecule has 1 unspecified atom stereocenters. The molecule has 0 aliphatic carbocycles. The summed E-state index contributed by atoms with van der Waals surface area (Å²) in [6.07, 6.45) is 1.81. The summed E-state index contributed by atoms with van der Waals surface area (Å²) in [7, 11) is 0. The van der Waals surface area contributed by atoms with Crippen molar-refractivity contribution in [3.05, 3.63) is 53.3 Å². The van der Waals surface area contributed by atoms with Crippen molar-refractivity contribution in [2.24, 2.45) is 5.92 Å². The lowest BCUT2D eigenvalue weighted by Gasteiger charge is -2.16. The highest BCUT2D eigenvalue weighted by atomic mass is 35.5. The van der Waals surface area contributed by atoms with E-state index in [1.54, 1.807) is 29.3 Å². The monoisotopic (exact) mass is 386 g/mol. The third-order valence-electron chi connectivity index (χ3n) is 4.21. The van der Waals surface area contributed by atoms with Crippen molar-refractivity contribution in [2.75, 3.05) is 17.2 Å². The number of rotatable bonds is 5. The van der Waals surface area contributed by atoms with Gasteiger partial charge in [0.15, 0.2) is 0 Å². The lowest BCUT2D eigenvalue weighted by Crippen LogP contribution is -2.28. The maximum Gasteiger partial charge on any atom is 0.229 e. The lowest BCUT2D eigenvalue weighted by molar-refractivity contribution is -0.128. The summed E-state index contributed by atoms with van der Waals surface area (Å²) in [6, 6.07) is 10.3. The Morgan fingerprint density at radius 2 is 2.07 bits per heavy atom. The minimum absolute atomic E-state index is 0.0844. The van der Waals surface area contributed by atoms with Crippen LogP contribution in [-0.4, -0.2) is 34.2 Å². The topological polar surface area (TPSA) is 91.4 Å². The number of carbonyl (C=O) groups excluding carboxylic acids is 3. The van der Waals surface area contributed by atoms with E-state index in [1.807, 2.05) is 18.2 Å². The molecule has 8 heteroatoms. The molecule has 27 heavy (non-hydrogen) atoms. The molecular weight excluding hydrogens is 368 g/mol. The lowest BCUT2D eigenvalue weighted by atomic mass is 10.1. The molecule has 1 aliphatic heterocycles. The number of carbonyl (C=O) groups is 3. The van der Waals surface area contributed by atoms with Crippen LogP contribution in [0.25, 0.3) is 0 Å². The third kappa shape index (κ3) is 4.83. The SMILES string of the molecule is CC(=O)Nc1ccc(Cl)c(NC(=O)C2CC(=O)N(Cc3ccccn3)C2)c1. The summed E-state index contributed by atoms with van der Waals surface area (Å²) in [6.45, 7) is 2.10. The molecule has 1 fully saturated rings. The Labute approximate surface area is 161 Å². The van der Waals surface area contributed by atoms with Gasteiger partial charge in [0.05, 0.1) is 28.9 Å². The van der Waals surface area contributed by atoms with Gasteiger partial charge in [-0.2, -0.15) is 0 Å². The average Bonchev–Trinajstić information content (AvgIpc) is 2.99. The van der Waals surface area contributed by atoms with Crippen LogP contribution in [-0.2, 0) is 20.9 Å². The summed E-state index contributed by atoms with van der Waals surface area (Å²) in [5, 5.41) is 5.75. The molecule has 3 amide bonds. The number of anilines is 2. The predicted molar refractivity (Wildman–Crippen MR) is 102 cm³/mol. The summed E-state index contributed by atoms with van der Waals surface area (Å²) >= 11 is 6.14. The predicted octanol–water partition coefficient (Wildman–Crippen LogP) is 2.68. The number of likely N-dealkylation sites (tertiary alicyclic amines) is 1. The Hall–Kier alpha value is -2.93. The second-order valence-corrected chi connectivity index (χ2v) is 6.77. The van der Waals surface area contributed by atoms with Crippen LogP contribution in [0.5, 0.6) is 0 Å². The third-order valence-corrected chi connectivity index (χ3v) is 4.54. The highest BCUT2D eigenvalue weighted by molar-refractivity contribution is 6.34. The second kappa shape index (κ2) is 8.18. The number of benzene rings is 1. The molecule has 0 saturated carbocycles. The van der Waals surface area contributed by atoms with Gasteiger partial charge < -0.3 is 15.5 Å². The van der Waals surface area contributed by atoms with Crippen molar-refractivity contribution in [3.63, 3.8) is 0 Å². The first-order valence-electron chi connectivity index (χ1n) is 8.48. The maximum absolute atomic E-state index is 12.6. The normalized spacial score (nSPS) is 16.3. The van der Waals surface area contributed by atoms with Crippen molar-refractivity contribution < 1.29 is 14.4 Å². The first kappa shape index (κ1) is 18.8. The van der Waals surface area contributed by atoms with E-state index in [0.29, 0.717) is 29.5 Å². The molecule has 2 aromatic rings. The fourth-order valence-electron chi connectivity index (χ4n) is 2.92. The number of nitrogens with one attached hydrogen (secondary N) is 2. The molecule has 0 spiro atoms. The molecule has 0 bridgehead atoms. The fraction of sp³-hybridized carbons (Fsp3) is 0.263. The molecule has 0 radical (unpaired) electrons. The second-order valence-electron chi connectivity index (χ2n) is 6.36. The van der Waals surface area contributed by atoms with Crippen LogP contribution in [0, 0.1) is 5.92 Å². The Kier molecular flexibility index (Phi) is 5.71. The van der Waals surface area contributed by atoms with E-state index in [4.69, 9.17) is 11.6 Å². The zero-order valence-corrected chi connectivity index (χ0v) is 15.5. The van der Waals surface area contributed by atoms with Crippen molar-refractivity contribution >= 4 is 40.7 Å². The number of amides is 3. The molecule has 1 aliphatic rings. The number of halogens is 1. The fourth-order valence-corrected chi connectivity index (χ4v) is 3.09. The number of nitrogens with zero attached hydrogens (tertiary/aromatic N) is 2. The van der Waals surface area contributed by atoms with E-state index < -0.39 is 5.92 Å². The van der Waals surface area contributed by atoms with E-state index in [1.165, 1.54) is 6.92 Å². The van der Waals surface area contributed by atoms with Crippen LogP contribution in [0.15, 0.2) is 42.6 Å². The van der Waals surface area contributed by atoms with Gasteiger partial charge in [-0.1, -0.05) is 17.7 Å². The molecule has 1 aromatic heterocycles. The van der Waals surface area contributed by atoms with Gasteiger partial charge in [0, 0.05) is 31.8 Å². The van der Waals surface area contributed by atoms with Gasteiger partial charge in [0.1, 0.15) is 0 Å². The van der Waals surface area contributed by atoms with Crippen LogP contribution >= 0.6 is 11.6 Å². The van der Waals surface area contributed by atoms with E-state index in [0.717, 1.165) is 5.69 Å². The molecule has 2 heterocycles. The van der Waals surface area contributed by atoms with E-state index in [9.17, 15) is 14.4 Å². The summed E-state index contributed by atoms with van der Waals surface area (Å²) in [5.74, 6) is -1.06. The van der Waals surface area contributed by atoms with Gasteiger partial charge in [0.25, 0.3) is 0 Å². The molecule has 1 saturated heterocycles. The number of aromatic nitrogens is 1.